The Bertz CT molecular complexity index is 456. The lowest BCUT2D eigenvalue weighted by Gasteiger charge is -2.29. The third-order valence-electron chi connectivity index (χ3n) is 4.09. The third-order valence-corrected chi connectivity index (χ3v) is 4.09. The van der Waals surface area contributed by atoms with Crippen LogP contribution in [-0.4, -0.2) is 17.1 Å². The van der Waals surface area contributed by atoms with Crippen molar-refractivity contribution >= 4 is 5.91 Å². The first-order valence-corrected chi connectivity index (χ1v) is 7.20. The maximum Gasteiger partial charge on any atom is 0.255 e. The molecule has 0 spiro atoms. The number of rotatable bonds is 3. The molecule has 3 nitrogen and oxygen atoms in total. The van der Waals surface area contributed by atoms with Crippen LogP contribution in [0.2, 0.25) is 0 Å². The zero-order chi connectivity index (χ0) is 13.8. The van der Waals surface area contributed by atoms with Crippen molar-refractivity contribution in [3.05, 3.63) is 29.3 Å². The molecule has 1 saturated carbocycles. The van der Waals surface area contributed by atoms with Crippen LogP contribution < -0.4 is 5.32 Å². The summed E-state index contributed by atoms with van der Waals surface area (Å²) >= 11 is 0. The van der Waals surface area contributed by atoms with Crippen LogP contribution in [-0.2, 0) is 0 Å². The number of hydrogen-bond acceptors (Lipinski definition) is 2. The van der Waals surface area contributed by atoms with Crippen molar-refractivity contribution in [2.75, 3.05) is 0 Å². The number of carbonyl (C=O) groups excluding carboxylic acids is 1. The summed E-state index contributed by atoms with van der Waals surface area (Å²) in [4.78, 5) is 12.2. The second-order valence-corrected chi connectivity index (χ2v) is 5.63. The van der Waals surface area contributed by atoms with Gasteiger partial charge in [0.1, 0.15) is 5.75 Å². The van der Waals surface area contributed by atoms with Gasteiger partial charge >= 0.3 is 0 Å². The van der Waals surface area contributed by atoms with Crippen LogP contribution >= 0.6 is 0 Å². The van der Waals surface area contributed by atoms with Gasteiger partial charge in [0.15, 0.2) is 0 Å². The molecule has 0 aromatic heterocycles. The summed E-state index contributed by atoms with van der Waals surface area (Å²) in [7, 11) is 0. The Balaban J connectivity index is 2.02. The molecule has 0 heterocycles. The van der Waals surface area contributed by atoms with E-state index in [9.17, 15) is 9.90 Å². The van der Waals surface area contributed by atoms with Crippen LogP contribution in [0.15, 0.2) is 18.2 Å². The highest BCUT2D eigenvalue weighted by Gasteiger charge is 2.23. The predicted octanol–water partition coefficient (Wildman–Crippen LogP) is 3.40. The Hall–Kier alpha value is -1.51. The first-order chi connectivity index (χ1) is 9.10. The van der Waals surface area contributed by atoms with E-state index in [0.717, 1.165) is 24.3 Å². The monoisotopic (exact) mass is 261 g/mol. The molecule has 0 aliphatic heterocycles. The Morgan fingerprint density at radius 2 is 2.21 bits per heavy atom. The Kier molecular flexibility index (Phi) is 4.46. The van der Waals surface area contributed by atoms with Gasteiger partial charge in [0.25, 0.3) is 5.91 Å². The summed E-state index contributed by atoms with van der Waals surface area (Å²) in [6.07, 6.45) is 5.76. The molecule has 1 aromatic rings. The number of benzene rings is 1. The highest BCUT2D eigenvalue weighted by molar-refractivity contribution is 5.97. The number of phenolic OH excluding ortho intramolecular Hbond substituents is 1. The minimum absolute atomic E-state index is 0.0611. The molecule has 2 atom stereocenters. The molecule has 1 aromatic carbocycles. The van der Waals surface area contributed by atoms with Gasteiger partial charge in [-0.25, -0.2) is 0 Å². The van der Waals surface area contributed by atoms with Crippen LogP contribution in [0.4, 0.5) is 0 Å². The van der Waals surface area contributed by atoms with Gasteiger partial charge < -0.3 is 10.4 Å². The van der Waals surface area contributed by atoms with Crippen LogP contribution in [0.1, 0.15) is 54.9 Å². The highest BCUT2D eigenvalue weighted by Crippen LogP contribution is 2.27. The van der Waals surface area contributed by atoms with E-state index < -0.39 is 0 Å². The molecule has 3 heteroatoms. The smallest absolute Gasteiger partial charge is 0.255 e. The SMILES string of the molecule is CCC1CCCC(NC(=O)c2cc(C)ccc2O)C1. The van der Waals surface area contributed by atoms with Crippen molar-refractivity contribution in [3.63, 3.8) is 0 Å². The molecule has 2 rings (SSSR count). The average Bonchev–Trinajstić information content (AvgIpc) is 2.41. The van der Waals surface area contributed by atoms with E-state index in [-0.39, 0.29) is 17.7 Å². The van der Waals surface area contributed by atoms with Gasteiger partial charge in [0, 0.05) is 6.04 Å². The van der Waals surface area contributed by atoms with E-state index in [1.165, 1.54) is 19.3 Å². The van der Waals surface area contributed by atoms with Crippen molar-refractivity contribution in [1.29, 1.82) is 0 Å². The van der Waals surface area contributed by atoms with Gasteiger partial charge in [0.05, 0.1) is 5.56 Å². The number of nitrogens with one attached hydrogen (secondary N) is 1. The minimum atomic E-state index is -0.150. The molecule has 1 amide bonds. The molecule has 1 aliphatic rings. The van der Waals surface area contributed by atoms with Crippen molar-refractivity contribution < 1.29 is 9.90 Å². The fraction of sp³-hybridized carbons (Fsp3) is 0.562. The summed E-state index contributed by atoms with van der Waals surface area (Å²) < 4.78 is 0. The van der Waals surface area contributed by atoms with Crippen molar-refractivity contribution in [1.82, 2.24) is 5.32 Å². The molecule has 104 valence electrons. The van der Waals surface area contributed by atoms with Gasteiger partial charge in [-0.1, -0.05) is 37.8 Å². The molecule has 19 heavy (non-hydrogen) atoms. The first-order valence-electron chi connectivity index (χ1n) is 7.20. The van der Waals surface area contributed by atoms with Gasteiger partial charge in [-0.05, 0) is 37.8 Å². The number of phenols is 1. The lowest BCUT2D eigenvalue weighted by molar-refractivity contribution is 0.0916. The van der Waals surface area contributed by atoms with Crippen molar-refractivity contribution in [3.8, 4) is 5.75 Å². The maximum atomic E-state index is 12.2. The molecule has 1 aliphatic carbocycles. The summed E-state index contributed by atoms with van der Waals surface area (Å²) in [5, 5.41) is 12.8. The van der Waals surface area contributed by atoms with Gasteiger partial charge in [0.2, 0.25) is 0 Å². The van der Waals surface area contributed by atoms with Crippen LogP contribution in [0.3, 0.4) is 0 Å². The van der Waals surface area contributed by atoms with Gasteiger partial charge in [-0.3, -0.25) is 4.79 Å². The average molecular weight is 261 g/mol. The zero-order valence-corrected chi connectivity index (χ0v) is 11.8. The van der Waals surface area contributed by atoms with E-state index in [4.69, 9.17) is 0 Å². The Labute approximate surface area is 115 Å². The van der Waals surface area contributed by atoms with E-state index in [0.29, 0.717) is 5.56 Å². The van der Waals surface area contributed by atoms with E-state index in [1.54, 1.807) is 18.2 Å². The number of hydrogen-bond donors (Lipinski definition) is 2. The number of amides is 1. The maximum absolute atomic E-state index is 12.2. The molecule has 0 radical (unpaired) electrons. The Morgan fingerprint density at radius 1 is 1.42 bits per heavy atom. The quantitative estimate of drug-likeness (QED) is 0.876. The minimum Gasteiger partial charge on any atom is -0.507 e. The standard InChI is InChI=1S/C16H23NO2/c1-3-12-5-4-6-13(10-12)17-16(19)14-9-11(2)7-8-15(14)18/h7-9,12-13,18H,3-6,10H2,1-2H3,(H,17,19). The second kappa shape index (κ2) is 6.09. The lowest BCUT2D eigenvalue weighted by atomic mass is 9.84. The summed E-state index contributed by atoms with van der Waals surface area (Å²) in [6.45, 7) is 4.13. The fourth-order valence-electron chi connectivity index (χ4n) is 2.89. The fourth-order valence-corrected chi connectivity index (χ4v) is 2.89. The Morgan fingerprint density at radius 3 is 2.95 bits per heavy atom. The zero-order valence-electron chi connectivity index (χ0n) is 11.8. The molecule has 2 N–H and O–H groups in total. The topological polar surface area (TPSA) is 49.3 Å². The number of aryl methyl sites for hydroxylation is 1. The third kappa shape index (κ3) is 3.49. The molecule has 2 unspecified atom stereocenters. The second-order valence-electron chi connectivity index (χ2n) is 5.63. The normalized spacial score (nSPS) is 23.1. The van der Waals surface area contributed by atoms with Gasteiger partial charge in [-0.2, -0.15) is 0 Å². The first kappa shape index (κ1) is 13.9. The van der Waals surface area contributed by atoms with Crippen molar-refractivity contribution in [2.24, 2.45) is 5.92 Å². The molecule has 0 bridgehead atoms. The van der Waals surface area contributed by atoms with Crippen LogP contribution in [0.25, 0.3) is 0 Å². The summed E-state index contributed by atoms with van der Waals surface area (Å²) in [6, 6.07) is 5.39. The van der Waals surface area contributed by atoms with Gasteiger partial charge in [-0.15, -0.1) is 0 Å². The lowest BCUT2D eigenvalue weighted by Crippen LogP contribution is -2.38. The predicted molar refractivity (Wildman–Crippen MR) is 76.3 cm³/mol. The van der Waals surface area contributed by atoms with Crippen LogP contribution in [0, 0.1) is 12.8 Å². The molecular formula is C16H23NO2. The number of aromatic hydroxyl groups is 1. The molecule has 1 fully saturated rings. The van der Waals surface area contributed by atoms with E-state index >= 15 is 0 Å². The molecular weight excluding hydrogens is 238 g/mol. The van der Waals surface area contributed by atoms with Crippen LogP contribution in [0.5, 0.6) is 5.75 Å². The summed E-state index contributed by atoms with van der Waals surface area (Å²) in [5.41, 5.74) is 1.37. The highest BCUT2D eigenvalue weighted by atomic mass is 16.3. The van der Waals surface area contributed by atoms with E-state index in [1.807, 2.05) is 6.92 Å². The van der Waals surface area contributed by atoms with Crippen molar-refractivity contribution in [2.45, 2.75) is 52.0 Å². The van der Waals surface area contributed by atoms with E-state index in [2.05, 4.69) is 12.2 Å². The largest absolute Gasteiger partial charge is 0.507 e. The molecule has 0 saturated heterocycles. The summed E-state index contributed by atoms with van der Waals surface area (Å²) in [5.74, 6) is 0.638. The number of carbonyl (C=O) groups is 1.